The van der Waals surface area contributed by atoms with Crippen LogP contribution >= 0.6 is 0 Å². The molecule has 0 aliphatic rings. The van der Waals surface area contributed by atoms with Crippen LogP contribution in [0.2, 0.25) is 0 Å². The maximum atomic E-state index is 11.1. The lowest BCUT2D eigenvalue weighted by molar-refractivity contribution is 0.0990. The minimum absolute atomic E-state index is 0.0325. The molecule has 0 radical (unpaired) electrons. The Labute approximate surface area is 81.1 Å². The quantitative estimate of drug-likeness (QED) is 0.663. The van der Waals surface area contributed by atoms with Crippen molar-refractivity contribution in [2.24, 2.45) is 5.73 Å². The number of rotatable bonds is 4. The molecule has 2 N–H and O–H groups in total. The van der Waals surface area contributed by atoms with Gasteiger partial charge in [0.05, 0.1) is 27.0 Å². The van der Waals surface area contributed by atoms with Gasteiger partial charge < -0.3 is 15.2 Å². The van der Waals surface area contributed by atoms with Gasteiger partial charge in [0.15, 0.2) is 5.75 Å². The Morgan fingerprint density at radius 2 is 2.21 bits per heavy atom. The lowest BCUT2D eigenvalue weighted by atomic mass is 10.3. The van der Waals surface area contributed by atoms with Gasteiger partial charge in [-0.15, -0.1) is 0 Å². The highest BCUT2D eigenvalue weighted by atomic mass is 16.5. The van der Waals surface area contributed by atoms with E-state index in [2.05, 4.69) is 9.97 Å². The molecule has 0 aliphatic heterocycles. The minimum atomic E-state index is -0.342. The van der Waals surface area contributed by atoms with Gasteiger partial charge >= 0.3 is 0 Å². The van der Waals surface area contributed by atoms with Crippen molar-refractivity contribution in [1.82, 2.24) is 9.97 Å². The Bertz CT molecular complexity index is 341. The maximum absolute atomic E-state index is 11.1. The fraction of sp³-hybridized carbons (Fsp3) is 0.375. The molecule has 0 amide bonds. The molecule has 0 aromatic carbocycles. The molecule has 0 aliphatic carbocycles. The zero-order valence-corrected chi connectivity index (χ0v) is 7.98. The SMILES string of the molecule is COc1cnc(C(=O)CN)nc1OC. The van der Waals surface area contributed by atoms with Crippen molar-refractivity contribution in [3.05, 3.63) is 12.0 Å². The summed E-state index contributed by atoms with van der Waals surface area (Å²) < 4.78 is 9.81. The van der Waals surface area contributed by atoms with E-state index in [4.69, 9.17) is 15.2 Å². The van der Waals surface area contributed by atoms with Crippen molar-refractivity contribution in [2.45, 2.75) is 0 Å². The Kier molecular flexibility index (Phi) is 3.35. The van der Waals surface area contributed by atoms with Crippen molar-refractivity contribution >= 4 is 5.78 Å². The number of carbonyl (C=O) groups is 1. The summed E-state index contributed by atoms with van der Waals surface area (Å²) in [5.41, 5.74) is 5.16. The molecule has 0 atom stereocenters. The zero-order chi connectivity index (χ0) is 10.6. The van der Waals surface area contributed by atoms with E-state index in [0.29, 0.717) is 5.75 Å². The van der Waals surface area contributed by atoms with Gasteiger partial charge in [0.25, 0.3) is 5.88 Å². The number of aromatic nitrogens is 2. The number of Topliss-reactive ketones (excluding diaryl/α,β-unsaturated/α-hetero) is 1. The third-order valence-corrected chi connectivity index (χ3v) is 1.57. The lowest BCUT2D eigenvalue weighted by Crippen LogP contribution is -2.17. The van der Waals surface area contributed by atoms with Crippen LogP contribution in [0.3, 0.4) is 0 Å². The van der Waals surface area contributed by atoms with Crippen LogP contribution in [0.15, 0.2) is 6.20 Å². The maximum Gasteiger partial charge on any atom is 0.260 e. The van der Waals surface area contributed by atoms with Crippen LogP contribution in [0.1, 0.15) is 10.6 Å². The van der Waals surface area contributed by atoms with Crippen molar-refractivity contribution in [2.75, 3.05) is 20.8 Å². The molecule has 1 aromatic rings. The van der Waals surface area contributed by atoms with E-state index in [1.807, 2.05) is 0 Å². The van der Waals surface area contributed by atoms with Gasteiger partial charge in [0.1, 0.15) is 0 Å². The Hall–Kier alpha value is -1.69. The van der Waals surface area contributed by atoms with Crippen molar-refractivity contribution in [1.29, 1.82) is 0 Å². The molecule has 0 saturated carbocycles. The number of ketones is 1. The van der Waals surface area contributed by atoms with E-state index in [9.17, 15) is 4.79 Å². The monoisotopic (exact) mass is 197 g/mol. The van der Waals surface area contributed by atoms with Gasteiger partial charge in [0, 0.05) is 0 Å². The molecule has 6 nitrogen and oxygen atoms in total. The molecule has 0 saturated heterocycles. The second-order valence-electron chi connectivity index (χ2n) is 2.40. The van der Waals surface area contributed by atoms with E-state index in [0.717, 1.165) is 0 Å². The second-order valence-corrected chi connectivity index (χ2v) is 2.40. The van der Waals surface area contributed by atoms with Crippen LogP contribution < -0.4 is 15.2 Å². The summed E-state index contributed by atoms with van der Waals surface area (Å²) in [4.78, 5) is 18.8. The zero-order valence-electron chi connectivity index (χ0n) is 7.98. The number of nitrogens with zero attached hydrogens (tertiary/aromatic N) is 2. The molecule has 1 rings (SSSR count). The number of hydrogen-bond donors (Lipinski definition) is 1. The molecule has 0 spiro atoms. The topological polar surface area (TPSA) is 87.3 Å². The smallest absolute Gasteiger partial charge is 0.260 e. The van der Waals surface area contributed by atoms with E-state index in [-0.39, 0.29) is 24.0 Å². The average Bonchev–Trinajstić information content (AvgIpc) is 2.26. The first kappa shape index (κ1) is 10.4. The van der Waals surface area contributed by atoms with E-state index in [1.54, 1.807) is 0 Å². The minimum Gasteiger partial charge on any atom is -0.490 e. The first-order valence-corrected chi connectivity index (χ1v) is 3.91. The number of nitrogens with two attached hydrogens (primary N) is 1. The van der Waals surface area contributed by atoms with Gasteiger partial charge in [-0.25, -0.2) is 4.98 Å². The molecule has 1 aromatic heterocycles. The lowest BCUT2D eigenvalue weighted by Gasteiger charge is -2.05. The number of methoxy groups -OCH3 is 2. The Balaban J connectivity index is 3.07. The van der Waals surface area contributed by atoms with Crippen LogP contribution in [-0.2, 0) is 0 Å². The van der Waals surface area contributed by atoms with Crippen LogP contribution in [0.5, 0.6) is 11.6 Å². The molecule has 0 unspecified atom stereocenters. The molecular weight excluding hydrogens is 186 g/mol. The van der Waals surface area contributed by atoms with Crippen molar-refractivity contribution in [3.63, 3.8) is 0 Å². The number of hydrogen-bond acceptors (Lipinski definition) is 6. The third-order valence-electron chi connectivity index (χ3n) is 1.57. The summed E-state index contributed by atoms with van der Waals surface area (Å²) in [6.45, 7) is -0.129. The molecule has 1 heterocycles. The normalized spacial score (nSPS) is 9.64. The summed E-state index contributed by atoms with van der Waals surface area (Å²) >= 11 is 0. The predicted octanol–water partition coefficient (Wildman–Crippen LogP) is -0.365. The largest absolute Gasteiger partial charge is 0.490 e. The van der Waals surface area contributed by atoms with Crippen LogP contribution in [-0.4, -0.2) is 36.5 Å². The number of carbonyl (C=O) groups excluding carboxylic acids is 1. The Morgan fingerprint density at radius 3 is 2.71 bits per heavy atom. The molecule has 0 fully saturated rings. The summed E-state index contributed by atoms with van der Waals surface area (Å²) in [6, 6.07) is 0. The van der Waals surface area contributed by atoms with Gasteiger partial charge in [-0.3, -0.25) is 4.79 Å². The van der Waals surface area contributed by atoms with E-state index >= 15 is 0 Å². The first-order valence-electron chi connectivity index (χ1n) is 3.91. The van der Waals surface area contributed by atoms with Crippen LogP contribution in [0.25, 0.3) is 0 Å². The predicted molar refractivity (Wildman–Crippen MR) is 48.5 cm³/mol. The number of ether oxygens (including phenoxy) is 2. The van der Waals surface area contributed by atoms with Gasteiger partial charge in [0.2, 0.25) is 11.6 Å². The first-order chi connectivity index (χ1) is 6.72. The molecule has 6 heteroatoms. The molecule has 0 bridgehead atoms. The third kappa shape index (κ3) is 1.97. The second kappa shape index (κ2) is 4.52. The highest BCUT2D eigenvalue weighted by molar-refractivity contribution is 5.94. The van der Waals surface area contributed by atoms with E-state index in [1.165, 1.54) is 20.4 Å². The standard InChI is InChI=1S/C8H11N3O3/c1-13-6-4-10-7(5(12)3-9)11-8(6)14-2/h4H,3,9H2,1-2H3. The van der Waals surface area contributed by atoms with Gasteiger partial charge in [-0.2, -0.15) is 4.98 Å². The average molecular weight is 197 g/mol. The highest BCUT2D eigenvalue weighted by Crippen LogP contribution is 2.21. The fourth-order valence-electron chi connectivity index (χ4n) is 0.867. The summed E-state index contributed by atoms with van der Waals surface area (Å²) in [5.74, 6) is 0.288. The fourth-order valence-corrected chi connectivity index (χ4v) is 0.867. The van der Waals surface area contributed by atoms with Crippen molar-refractivity contribution < 1.29 is 14.3 Å². The molecule has 14 heavy (non-hydrogen) atoms. The van der Waals surface area contributed by atoms with Crippen LogP contribution in [0.4, 0.5) is 0 Å². The summed E-state index contributed by atoms with van der Waals surface area (Å²) in [6.07, 6.45) is 1.37. The van der Waals surface area contributed by atoms with Gasteiger partial charge in [-0.05, 0) is 0 Å². The summed E-state index contributed by atoms with van der Waals surface area (Å²) in [7, 11) is 2.90. The van der Waals surface area contributed by atoms with E-state index < -0.39 is 0 Å². The van der Waals surface area contributed by atoms with Gasteiger partial charge in [-0.1, -0.05) is 0 Å². The highest BCUT2D eigenvalue weighted by Gasteiger charge is 2.12. The molecular formula is C8H11N3O3. The Morgan fingerprint density at radius 1 is 1.50 bits per heavy atom. The van der Waals surface area contributed by atoms with Crippen molar-refractivity contribution in [3.8, 4) is 11.6 Å². The molecule has 76 valence electrons. The summed E-state index contributed by atoms with van der Waals surface area (Å²) in [5, 5.41) is 0. The van der Waals surface area contributed by atoms with Crippen LogP contribution in [0, 0.1) is 0 Å².